The number of aliphatic hydroxyl groups is 8. The van der Waals surface area contributed by atoms with Crippen LogP contribution < -0.4 is 0 Å². The monoisotopic (exact) mass is 1570 g/mol. The minimum Gasteiger partial charge on any atom is -0.396 e. The molecule has 570 valence electrons. The van der Waals surface area contributed by atoms with Gasteiger partial charge in [-0.25, -0.2) is 29.9 Å². The van der Waals surface area contributed by atoms with E-state index in [4.69, 9.17) is 29.9 Å². The maximum Gasteiger partial charge on any atom is 0.164 e. The normalized spacial score (nSPS) is 14.6. The van der Waals surface area contributed by atoms with Gasteiger partial charge in [-0.05, 0) is 203 Å². The Morgan fingerprint density at radius 2 is 0.394 bits per heavy atom. The molecule has 8 bridgehead atoms. The maximum absolute atomic E-state index is 10.2. The molecule has 4 aromatic carbocycles. The summed E-state index contributed by atoms with van der Waals surface area (Å²) in [6.45, 7) is 18.7. The molecule has 24 heteroatoms. The number of nitrogens with zero attached hydrogens (tertiary/aromatic N) is 6. The minimum atomic E-state index is 0.119. The second-order valence-electron chi connectivity index (χ2n) is 27.1. The van der Waals surface area contributed by atoms with Crippen molar-refractivity contribution in [2.45, 2.75) is 291 Å². The van der Waals surface area contributed by atoms with Crippen LogP contribution in [-0.2, 0) is 0 Å². The van der Waals surface area contributed by atoms with E-state index < -0.39 is 0 Å². The fourth-order valence-electron chi connectivity index (χ4n) is 13.3. The van der Waals surface area contributed by atoms with E-state index >= 15 is 0 Å². The molecule has 7 aromatic rings. The summed E-state index contributed by atoms with van der Waals surface area (Å²) in [5.74, 6) is 1.97. The Bertz CT molecular complexity index is 3540. The first kappa shape index (κ1) is 84.7. The van der Waals surface area contributed by atoms with E-state index in [1.807, 2.05) is 94.1 Å². The summed E-state index contributed by atoms with van der Waals surface area (Å²) >= 11 is 14.8. The Morgan fingerprint density at radius 1 is 0.240 bits per heavy atom. The average molecular weight is 1570 g/mol. The Labute approximate surface area is 651 Å². The molecule has 8 unspecified atom stereocenters. The number of thioether (sulfide) groups is 8. The van der Waals surface area contributed by atoms with Crippen molar-refractivity contribution in [2.24, 2.45) is 0 Å². The van der Waals surface area contributed by atoms with Gasteiger partial charge in [0.1, 0.15) is 22.6 Å². The van der Waals surface area contributed by atoms with Crippen LogP contribution in [0.4, 0.5) is 0 Å². The average Bonchev–Trinajstić information content (AvgIpc) is 1.59. The minimum absolute atomic E-state index is 0.119. The molecule has 0 radical (unpaired) electrons. The van der Waals surface area contributed by atoms with Crippen LogP contribution in [0, 0.1) is 0 Å². The third-order valence-electron chi connectivity index (χ3n) is 19.6. The zero-order valence-corrected chi connectivity index (χ0v) is 68.9. The third-order valence-corrected chi connectivity index (χ3v) is 32.0. The van der Waals surface area contributed by atoms with Gasteiger partial charge in [0.25, 0.3) is 0 Å². The largest absolute Gasteiger partial charge is 0.396 e. The van der Waals surface area contributed by atoms with Gasteiger partial charge < -0.3 is 50.8 Å². The van der Waals surface area contributed by atoms with Gasteiger partial charge in [-0.2, -0.15) is 0 Å². The fourth-order valence-corrected chi connectivity index (χ4v) is 23.8. The van der Waals surface area contributed by atoms with Crippen molar-refractivity contribution in [3.8, 4) is 45.6 Å². The van der Waals surface area contributed by atoms with Crippen LogP contribution in [0.2, 0.25) is 0 Å². The molecule has 2 aliphatic heterocycles. The maximum atomic E-state index is 10.2. The highest BCUT2D eigenvalue weighted by molar-refractivity contribution is 8.04. The van der Waals surface area contributed by atoms with Gasteiger partial charge in [0.2, 0.25) is 0 Å². The molecular formula is C80H114N8O8S8. The van der Waals surface area contributed by atoms with E-state index in [0.29, 0.717) is 97.3 Å². The van der Waals surface area contributed by atoms with Gasteiger partial charge in [-0.15, -0.1) is 94.1 Å². The van der Waals surface area contributed by atoms with Crippen molar-refractivity contribution in [3.05, 3.63) is 48.5 Å². The summed E-state index contributed by atoms with van der Waals surface area (Å²) < 4.78 is 0. The van der Waals surface area contributed by atoms with Crippen LogP contribution in [0.5, 0.6) is 0 Å². The Kier molecular flexibility index (Phi) is 35.8. The lowest BCUT2D eigenvalue weighted by molar-refractivity contribution is 0.283. The molecule has 2 aliphatic rings. The van der Waals surface area contributed by atoms with E-state index in [-0.39, 0.29) is 94.9 Å². The van der Waals surface area contributed by atoms with Crippen molar-refractivity contribution in [1.82, 2.24) is 39.9 Å². The van der Waals surface area contributed by atoms with Crippen molar-refractivity contribution in [1.29, 1.82) is 0 Å². The first-order valence-electron chi connectivity index (χ1n) is 38.5. The molecule has 5 heterocycles. The van der Waals surface area contributed by atoms with Crippen LogP contribution in [0.1, 0.15) is 209 Å². The van der Waals surface area contributed by atoms with Gasteiger partial charge in [-0.3, -0.25) is 0 Å². The van der Waals surface area contributed by atoms with E-state index in [2.05, 4.69) is 114 Å². The number of nitrogens with one attached hydrogen (secondary N) is 2. The van der Waals surface area contributed by atoms with Gasteiger partial charge in [0.05, 0.1) is 0 Å². The topological polar surface area (TPSA) is 271 Å². The Balaban J connectivity index is 1.49. The van der Waals surface area contributed by atoms with Crippen molar-refractivity contribution >= 4 is 138 Å². The summed E-state index contributed by atoms with van der Waals surface area (Å²) in [6, 6.07) is 18.2. The van der Waals surface area contributed by atoms with E-state index in [0.717, 1.165) is 186 Å². The van der Waals surface area contributed by atoms with Crippen LogP contribution in [0.15, 0.2) is 87.7 Å². The van der Waals surface area contributed by atoms with Crippen LogP contribution in [0.3, 0.4) is 0 Å². The number of aromatic nitrogens is 8. The lowest BCUT2D eigenvalue weighted by Crippen LogP contribution is -2.05. The summed E-state index contributed by atoms with van der Waals surface area (Å²) in [7, 11) is 0. The predicted octanol–water partition coefficient (Wildman–Crippen LogP) is 20.0. The molecule has 0 saturated heterocycles. The molecule has 0 fully saturated rings. The molecule has 3 aromatic heterocycles. The molecule has 9 rings (SSSR count). The van der Waals surface area contributed by atoms with Crippen molar-refractivity contribution in [3.63, 3.8) is 0 Å². The number of aliphatic hydroxyl groups excluding tert-OH is 8. The van der Waals surface area contributed by atoms with Crippen LogP contribution in [0.25, 0.3) is 89.7 Å². The Morgan fingerprint density at radius 3 is 0.538 bits per heavy atom. The number of rotatable bonds is 48. The van der Waals surface area contributed by atoms with Crippen LogP contribution in [-0.4, -0.2) is 176 Å². The van der Waals surface area contributed by atoms with E-state index in [9.17, 15) is 40.9 Å². The fraction of sp³-hybridized carbons (Fsp3) is 0.600. The highest BCUT2D eigenvalue weighted by Gasteiger charge is 2.30. The molecule has 0 aliphatic carbocycles. The molecular weight excluding hydrogens is 1460 g/mol. The lowest BCUT2D eigenvalue weighted by atomic mass is 10.1. The van der Waals surface area contributed by atoms with Gasteiger partial charge in [-0.1, -0.05) is 55.4 Å². The zero-order chi connectivity index (χ0) is 74.1. The second kappa shape index (κ2) is 43.9. The van der Waals surface area contributed by atoms with Crippen molar-refractivity contribution < 1.29 is 40.9 Å². The van der Waals surface area contributed by atoms with Crippen molar-refractivity contribution in [2.75, 3.05) is 52.9 Å². The number of fused-ring (bicyclic) bond motifs is 20. The number of H-pyrrole nitrogens is 2. The smallest absolute Gasteiger partial charge is 0.164 e. The van der Waals surface area contributed by atoms with Gasteiger partial charge in [0.15, 0.2) is 23.3 Å². The zero-order valence-electron chi connectivity index (χ0n) is 62.4. The van der Waals surface area contributed by atoms with Crippen LogP contribution >= 0.6 is 94.1 Å². The molecule has 10 N–H and O–H groups in total. The van der Waals surface area contributed by atoms with E-state index in [1.54, 1.807) is 0 Å². The summed E-state index contributed by atoms with van der Waals surface area (Å²) in [5.41, 5.74) is 5.67. The summed E-state index contributed by atoms with van der Waals surface area (Å²) in [5, 5.41) is 86.5. The molecule has 104 heavy (non-hydrogen) atoms. The highest BCUT2D eigenvalue weighted by atomic mass is 32.2. The second-order valence-corrected chi connectivity index (χ2v) is 37.8. The first-order valence-corrected chi connectivity index (χ1v) is 45.6. The standard InChI is InChI=1S/C80H114N8O8S8/c1-9-49(25-17-33-89)97-65-41-57-58(42-66(65)98-50(10-2)26-18-34-90)74-81-73(57)85-75-59-43-67(99-51(11-3)27-19-35-91)68(100-52(12-4)28-20-36-92)44-60(59)77(82-75)87-79-63-47-71(103-55(15-7)31-23-39-95)72(104-56(16-8)32-24-40-96)48-64(63)80(84-79)88-78-62-46-70(102-54(14-6)30-22-38-94)69(45-61(62)76(83-78)86-74)101-53(13-5)29-21-37-93/h41-56,89-96H,9-40H2,1-8H3,(H2,81,82,83,84,85,86,87,88). The predicted molar refractivity (Wildman–Crippen MR) is 446 cm³/mol. The Hall–Kier alpha value is -3.28. The number of aromatic amines is 2. The number of hydrogen-bond donors (Lipinski definition) is 10. The summed E-state index contributed by atoms with van der Waals surface area (Å²) in [4.78, 5) is 50.8. The van der Waals surface area contributed by atoms with Gasteiger partial charge >= 0.3 is 0 Å². The highest BCUT2D eigenvalue weighted by Crippen LogP contribution is 2.51. The van der Waals surface area contributed by atoms with E-state index in [1.165, 1.54) is 0 Å². The summed E-state index contributed by atoms with van der Waals surface area (Å²) in [6.07, 6.45) is 19.6. The molecule has 8 atom stereocenters. The lowest BCUT2D eigenvalue weighted by Gasteiger charge is -2.21. The SMILES string of the molecule is CCC(CCCO)Sc1cc2c(cc1SC(CC)CCCO)-c1nc-2nc2[nH]c(nc3nc(nc4[nH]c(n1)c1cc(SC(CC)CCCO)c(SC(CC)CCCO)cc41)-c1cc(SC(CC)CCCO)c(SC(CC)CCCO)cc1-3)c1cc(SC(CC)CCCO)c(SC(CC)CCCO)cc21. The molecule has 0 spiro atoms. The number of hydrogen-bond acceptors (Lipinski definition) is 22. The van der Waals surface area contributed by atoms with Gasteiger partial charge in [0, 0.05) is 178 Å². The molecule has 0 saturated carbocycles. The molecule has 16 nitrogen and oxygen atoms in total. The third kappa shape index (κ3) is 22.5. The number of benzene rings is 4. The molecule has 0 amide bonds. The quantitative estimate of drug-likeness (QED) is 0.0159. The first-order chi connectivity index (χ1) is 50.8.